The van der Waals surface area contributed by atoms with Crippen LogP contribution in [0.3, 0.4) is 0 Å². The molecule has 0 bridgehead atoms. The third kappa shape index (κ3) is 5.40. The van der Waals surface area contributed by atoms with Gasteiger partial charge in [-0.25, -0.2) is 5.01 Å². The third-order valence-electron chi connectivity index (χ3n) is 3.36. The highest BCUT2D eigenvalue weighted by Gasteiger charge is 2.31. The van der Waals surface area contributed by atoms with Gasteiger partial charge in [0, 0.05) is 18.4 Å². The fourth-order valence-corrected chi connectivity index (χ4v) is 2.17. The third-order valence-corrected chi connectivity index (χ3v) is 3.36. The van der Waals surface area contributed by atoms with Gasteiger partial charge in [0.1, 0.15) is 11.6 Å². The lowest BCUT2D eigenvalue weighted by molar-refractivity contribution is -0.274. The van der Waals surface area contributed by atoms with E-state index in [9.17, 15) is 18.0 Å². The van der Waals surface area contributed by atoms with Crippen LogP contribution < -0.4 is 9.75 Å². The van der Waals surface area contributed by atoms with Gasteiger partial charge < -0.3 is 4.74 Å². The van der Waals surface area contributed by atoms with E-state index in [1.54, 1.807) is 30.3 Å². The number of alkyl halides is 3. The molecule has 0 saturated carbocycles. The van der Waals surface area contributed by atoms with Crippen molar-refractivity contribution in [1.82, 2.24) is 0 Å². The number of benzene rings is 2. The normalized spacial score (nSPS) is 10.9. The smallest absolute Gasteiger partial charge is 0.406 e. The Balaban J connectivity index is 2.00. The molecule has 0 saturated heterocycles. The summed E-state index contributed by atoms with van der Waals surface area (Å²) in [5.74, 6) is -0.708. The van der Waals surface area contributed by atoms with Crippen molar-refractivity contribution in [1.29, 1.82) is 10.9 Å². The first-order chi connectivity index (χ1) is 12.3. The van der Waals surface area contributed by atoms with E-state index in [2.05, 4.69) is 9.96 Å². The average Bonchev–Trinajstić information content (AvgIpc) is 2.61. The number of rotatable bonds is 7. The minimum Gasteiger partial charge on any atom is -0.406 e. The van der Waals surface area contributed by atoms with Crippen molar-refractivity contribution >= 4 is 17.3 Å². The summed E-state index contributed by atoms with van der Waals surface area (Å²) in [5, 5.41) is 12.1. The molecule has 0 amide bonds. The molecule has 0 aromatic heterocycles. The number of ether oxygens (including phenoxy) is 1. The van der Waals surface area contributed by atoms with E-state index in [4.69, 9.17) is 10.9 Å². The molecule has 9 heteroatoms. The molecule has 0 aliphatic rings. The second kappa shape index (κ2) is 8.24. The number of halogens is 3. The highest BCUT2D eigenvalue weighted by atomic mass is 19.4. The lowest BCUT2D eigenvalue weighted by Gasteiger charge is -2.18. The van der Waals surface area contributed by atoms with Crippen molar-refractivity contribution in [2.75, 3.05) is 5.01 Å². The summed E-state index contributed by atoms with van der Waals surface area (Å²) >= 11 is 0. The summed E-state index contributed by atoms with van der Waals surface area (Å²) in [5.41, 5.74) is 7.92. The van der Waals surface area contributed by atoms with Crippen molar-refractivity contribution in [2.24, 2.45) is 5.22 Å². The SMILES string of the molecule is N=NN(C(=N)CCC(=O)c1ccccc1)c1ccc(OC(F)(F)F)cc1. The van der Waals surface area contributed by atoms with Gasteiger partial charge >= 0.3 is 6.36 Å². The topological polar surface area (TPSA) is 89.6 Å². The van der Waals surface area contributed by atoms with Crippen molar-refractivity contribution in [3.63, 3.8) is 0 Å². The molecule has 26 heavy (non-hydrogen) atoms. The molecule has 0 atom stereocenters. The van der Waals surface area contributed by atoms with E-state index in [-0.39, 0.29) is 30.1 Å². The Labute approximate surface area is 147 Å². The van der Waals surface area contributed by atoms with Gasteiger partial charge in [0.15, 0.2) is 5.78 Å². The van der Waals surface area contributed by atoms with Crippen LogP contribution >= 0.6 is 0 Å². The fraction of sp³-hybridized carbons (Fsp3) is 0.176. The molecule has 0 aliphatic carbocycles. The standard InChI is InChI=1S/C17H15F3N4O2/c18-17(19,20)26-14-8-6-13(7-9-14)24(23-22)16(21)11-10-15(25)12-4-2-1-3-5-12/h1-9,21-22H,10-11H2. The number of hydrogen-bond donors (Lipinski definition) is 2. The van der Waals surface area contributed by atoms with Crippen LogP contribution in [0, 0.1) is 10.9 Å². The highest BCUT2D eigenvalue weighted by Crippen LogP contribution is 2.26. The molecule has 0 aliphatic heterocycles. The second-order valence-electron chi connectivity index (χ2n) is 5.19. The van der Waals surface area contributed by atoms with Gasteiger partial charge in [-0.2, -0.15) is 5.53 Å². The van der Waals surface area contributed by atoms with E-state index < -0.39 is 12.1 Å². The molecule has 0 spiro atoms. The number of amidine groups is 1. The van der Waals surface area contributed by atoms with Crippen LogP contribution in [0.5, 0.6) is 5.75 Å². The summed E-state index contributed by atoms with van der Waals surface area (Å²) in [7, 11) is 0. The number of nitrogens with zero attached hydrogens (tertiary/aromatic N) is 2. The number of ketones is 1. The molecule has 0 fully saturated rings. The lowest BCUT2D eigenvalue weighted by Crippen LogP contribution is -2.24. The van der Waals surface area contributed by atoms with Crippen LogP contribution in [-0.2, 0) is 0 Å². The number of Topliss-reactive ketones (excluding diaryl/α,β-unsaturated/α-hetero) is 1. The predicted molar refractivity (Wildman–Crippen MR) is 88.5 cm³/mol. The molecule has 2 aromatic carbocycles. The molecule has 2 rings (SSSR count). The number of carbonyl (C=O) groups excluding carboxylic acids is 1. The molecular weight excluding hydrogens is 349 g/mol. The first kappa shape index (κ1) is 19.1. The van der Waals surface area contributed by atoms with Gasteiger partial charge in [-0.1, -0.05) is 35.6 Å². The van der Waals surface area contributed by atoms with Crippen LogP contribution in [0.4, 0.5) is 18.9 Å². The van der Waals surface area contributed by atoms with E-state index in [0.29, 0.717) is 5.56 Å². The summed E-state index contributed by atoms with van der Waals surface area (Å²) in [6, 6.07) is 13.2. The maximum Gasteiger partial charge on any atom is 0.573 e. The Morgan fingerprint density at radius 2 is 1.65 bits per heavy atom. The number of hydrogen-bond acceptors (Lipinski definition) is 5. The Bertz CT molecular complexity index is 777. The highest BCUT2D eigenvalue weighted by molar-refractivity contribution is 6.01. The van der Waals surface area contributed by atoms with Gasteiger partial charge in [0.05, 0.1) is 5.69 Å². The number of carbonyl (C=O) groups is 1. The molecule has 136 valence electrons. The van der Waals surface area contributed by atoms with Crippen molar-refractivity contribution < 1.29 is 22.7 Å². The van der Waals surface area contributed by atoms with E-state index >= 15 is 0 Å². The van der Waals surface area contributed by atoms with Gasteiger partial charge in [-0.3, -0.25) is 10.2 Å². The van der Waals surface area contributed by atoms with Crippen molar-refractivity contribution in [3.8, 4) is 5.75 Å². The Hall–Kier alpha value is -3.23. The van der Waals surface area contributed by atoms with E-state index in [1.165, 1.54) is 12.1 Å². The predicted octanol–water partition coefficient (Wildman–Crippen LogP) is 4.98. The van der Waals surface area contributed by atoms with Crippen LogP contribution in [0.15, 0.2) is 59.8 Å². The summed E-state index contributed by atoms with van der Waals surface area (Å²) in [4.78, 5) is 12.1. The quantitative estimate of drug-likeness (QED) is 0.239. The van der Waals surface area contributed by atoms with E-state index in [1.807, 2.05) is 0 Å². The van der Waals surface area contributed by atoms with Crippen LogP contribution in [0.25, 0.3) is 0 Å². The number of nitrogens with one attached hydrogen (secondary N) is 2. The van der Waals surface area contributed by atoms with Crippen LogP contribution in [0.1, 0.15) is 23.2 Å². The van der Waals surface area contributed by atoms with Crippen molar-refractivity contribution in [3.05, 3.63) is 60.2 Å². The number of anilines is 1. The average molecular weight is 364 g/mol. The maximum atomic E-state index is 12.2. The van der Waals surface area contributed by atoms with Crippen molar-refractivity contribution in [2.45, 2.75) is 19.2 Å². The molecule has 0 unspecified atom stereocenters. The summed E-state index contributed by atoms with van der Waals surface area (Å²) in [6.45, 7) is 0. The minimum atomic E-state index is -4.80. The zero-order valence-electron chi connectivity index (χ0n) is 13.5. The summed E-state index contributed by atoms with van der Waals surface area (Å²) < 4.78 is 40.3. The molecule has 0 radical (unpaired) electrons. The largest absolute Gasteiger partial charge is 0.573 e. The molecule has 2 aromatic rings. The Kier molecular flexibility index (Phi) is 6.05. The van der Waals surface area contributed by atoms with Gasteiger partial charge in [0.25, 0.3) is 0 Å². The zero-order chi connectivity index (χ0) is 19.2. The summed E-state index contributed by atoms with van der Waals surface area (Å²) in [6.07, 6.45) is -4.73. The second-order valence-corrected chi connectivity index (χ2v) is 5.19. The monoisotopic (exact) mass is 364 g/mol. The van der Waals surface area contributed by atoms with E-state index in [0.717, 1.165) is 17.1 Å². The Morgan fingerprint density at radius 3 is 2.19 bits per heavy atom. The molecule has 0 heterocycles. The van der Waals surface area contributed by atoms with Crippen LogP contribution in [-0.4, -0.2) is 18.0 Å². The lowest BCUT2D eigenvalue weighted by atomic mass is 10.1. The van der Waals surface area contributed by atoms with Crippen LogP contribution in [0.2, 0.25) is 0 Å². The zero-order valence-corrected chi connectivity index (χ0v) is 13.5. The molecule has 6 nitrogen and oxygen atoms in total. The first-order valence-electron chi connectivity index (χ1n) is 7.49. The molecular formula is C17H15F3N4O2. The minimum absolute atomic E-state index is 0.0247. The Morgan fingerprint density at radius 1 is 1.04 bits per heavy atom. The fourth-order valence-electron chi connectivity index (χ4n) is 2.17. The maximum absolute atomic E-state index is 12.2. The van der Waals surface area contributed by atoms with Gasteiger partial charge in [-0.05, 0) is 24.3 Å². The van der Waals surface area contributed by atoms with Gasteiger partial charge in [-0.15, -0.1) is 13.2 Å². The first-order valence-corrected chi connectivity index (χ1v) is 7.49. The molecule has 2 N–H and O–H groups in total. The van der Waals surface area contributed by atoms with Gasteiger partial charge in [0.2, 0.25) is 0 Å².